The summed E-state index contributed by atoms with van der Waals surface area (Å²) < 4.78 is 0. The van der Waals surface area contributed by atoms with Gasteiger partial charge >= 0.3 is 0 Å². The van der Waals surface area contributed by atoms with Crippen molar-refractivity contribution in [2.75, 3.05) is 4.90 Å². The first-order valence-electron chi connectivity index (χ1n) is 24.2. The molecule has 13 rings (SSSR count). The molecule has 0 radical (unpaired) electrons. The fourth-order valence-corrected chi connectivity index (χ4v) is 12.2. The van der Waals surface area contributed by atoms with Gasteiger partial charge in [0, 0.05) is 22.4 Å². The SMILES string of the molecule is CC1(C)c2ccccc2-c2c(N(c3ccc(-c4ccc(-c5ccccc5)c5ccccc45)cc3)c3cccc(C4(c5ccccc5)c5ccccc5-c5ccccc54)c3)ccc(-c3ccccc3)c21. The molecule has 2 aliphatic carbocycles. The first kappa shape index (κ1) is 40.7. The maximum absolute atomic E-state index is 2.53. The van der Waals surface area contributed by atoms with Gasteiger partial charge in [0.25, 0.3) is 0 Å². The normalized spacial score (nSPS) is 13.6. The Bertz CT molecular complexity index is 3690. The maximum atomic E-state index is 2.53. The van der Waals surface area contributed by atoms with E-state index in [1.54, 1.807) is 0 Å². The molecule has 0 amide bonds. The van der Waals surface area contributed by atoms with Crippen LogP contribution in [0.25, 0.3) is 66.4 Å². The fourth-order valence-electron chi connectivity index (χ4n) is 12.2. The Morgan fingerprint density at radius 3 is 1.38 bits per heavy atom. The Morgan fingerprint density at radius 2 is 0.768 bits per heavy atom. The molecule has 0 fully saturated rings. The van der Waals surface area contributed by atoms with Crippen molar-refractivity contribution in [3.63, 3.8) is 0 Å². The standard InChI is InChI=1S/C68H49N/c1-67(2)61-34-17-16-33-60(61)65-64(44-43-55(66(65)67)47-23-8-4-9-24-47)69(51-39-37-48(38-40-51)54-42-41-53(46-21-6-3-7-22-46)56-29-12-13-30-57(54)56)52-28-20-27-50(45-52)68(49-25-10-5-11-26-49)62-35-18-14-31-58(62)59-32-15-19-36-63(59)68/h3-45H,1-2H3. The molecule has 326 valence electrons. The van der Waals surface area contributed by atoms with Gasteiger partial charge < -0.3 is 4.90 Å². The average Bonchev–Trinajstić information content (AvgIpc) is 3.86. The van der Waals surface area contributed by atoms with Crippen molar-refractivity contribution in [3.05, 3.63) is 294 Å². The van der Waals surface area contributed by atoms with Gasteiger partial charge in [-0.05, 0) is 125 Å². The zero-order valence-corrected chi connectivity index (χ0v) is 38.8. The van der Waals surface area contributed by atoms with E-state index in [-0.39, 0.29) is 5.41 Å². The van der Waals surface area contributed by atoms with Gasteiger partial charge in [0.2, 0.25) is 0 Å². The monoisotopic (exact) mass is 879 g/mol. The molecule has 0 saturated carbocycles. The van der Waals surface area contributed by atoms with Gasteiger partial charge in [0.15, 0.2) is 0 Å². The zero-order valence-electron chi connectivity index (χ0n) is 38.8. The molecule has 0 aliphatic heterocycles. The second-order valence-corrected chi connectivity index (χ2v) is 19.1. The third-order valence-corrected chi connectivity index (χ3v) is 15.1. The molecule has 1 heteroatoms. The lowest BCUT2D eigenvalue weighted by atomic mass is 9.67. The third-order valence-electron chi connectivity index (χ3n) is 15.1. The highest BCUT2D eigenvalue weighted by Gasteiger charge is 2.46. The second kappa shape index (κ2) is 16.1. The van der Waals surface area contributed by atoms with Crippen LogP contribution in [0.1, 0.15) is 47.2 Å². The van der Waals surface area contributed by atoms with E-state index in [1.807, 2.05) is 0 Å². The van der Waals surface area contributed by atoms with Crippen molar-refractivity contribution in [1.29, 1.82) is 0 Å². The minimum atomic E-state index is -0.541. The van der Waals surface area contributed by atoms with Crippen molar-refractivity contribution < 1.29 is 0 Å². The molecule has 69 heavy (non-hydrogen) atoms. The zero-order chi connectivity index (χ0) is 46.1. The lowest BCUT2D eigenvalue weighted by Gasteiger charge is -2.35. The van der Waals surface area contributed by atoms with Crippen molar-refractivity contribution in [1.82, 2.24) is 0 Å². The van der Waals surface area contributed by atoms with Crippen molar-refractivity contribution in [3.8, 4) is 55.6 Å². The van der Waals surface area contributed by atoms with E-state index in [9.17, 15) is 0 Å². The van der Waals surface area contributed by atoms with Crippen LogP contribution >= 0.6 is 0 Å². The highest BCUT2D eigenvalue weighted by molar-refractivity contribution is 6.05. The number of nitrogens with zero attached hydrogens (tertiary/aromatic N) is 1. The number of hydrogen-bond acceptors (Lipinski definition) is 1. The predicted molar refractivity (Wildman–Crippen MR) is 290 cm³/mol. The first-order chi connectivity index (χ1) is 34.0. The van der Waals surface area contributed by atoms with Crippen LogP contribution in [-0.2, 0) is 10.8 Å². The molecular weight excluding hydrogens is 831 g/mol. The summed E-state index contributed by atoms with van der Waals surface area (Å²) in [7, 11) is 0. The summed E-state index contributed by atoms with van der Waals surface area (Å²) in [5, 5.41) is 2.49. The Hall–Kier alpha value is -8.52. The van der Waals surface area contributed by atoms with Crippen LogP contribution in [0.15, 0.2) is 261 Å². The molecule has 2 aliphatic rings. The molecule has 0 unspecified atom stereocenters. The Kier molecular flexibility index (Phi) is 9.49. The van der Waals surface area contributed by atoms with E-state index in [4.69, 9.17) is 0 Å². The van der Waals surface area contributed by atoms with E-state index in [0.29, 0.717) is 0 Å². The van der Waals surface area contributed by atoms with Gasteiger partial charge in [-0.25, -0.2) is 0 Å². The summed E-state index contributed by atoms with van der Waals surface area (Å²) >= 11 is 0. The van der Waals surface area contributed by atoms with Gasteiger partial charge in [-0.15, -0.1) is 0 Å². The van der Waals surface area contributed by atoms with Crippen molar-refractivity contribution in [2.45, 2.75) is 24.7 Å². The summed E-state index contributed by atoms with van der Waals surface area (Å²) in [5.41, 5.74) is 22.9. The third kappa shape index (κ3) is 6.24. The van der Waals surface area contributed by atoms with Gasteiger partial charge in [0.1, 0.15) is 0 Å². The fraction of sp³-hybridized carbons (Fsp3) is 0.0588. The topological polar surface area (TPSA) is 3.24 Å². The molecule has 0 atom stereocenters. The van der Waals surface area contributed by atoms with E-state index in [0.717, 1.165) is 17.1 Å². The quantitative estimate of drug-likeness (QED) is 0.147. The van der Waals surface area contributed by atoms with Crippen LogP contribution in [0.2, 0.25) is 0 Å². The summed E-state index contributed by atoms with van der Waals surface area (Å²) in [6, 6.07) is 96.8. The van der Waals surface area contributed by atoms with Gasteiger partial charge in [-0.1, -0.05) is 244 Å². The second-order valence-electron chi connectivity index (χ2n) is 19.1. The highest BCUT2D eigenvalue weighted by Crippen LogP contribution is 2.59. The molecule has 11 aromatic carbocycles. The first-order valence-corrected chi connectivity index (χ1v) is 24.2. The largest absolute Gasteiger partial charge is 0.310 e. The van der Waals surface area contributed by atoms with Crippen molar-refractivity contribution in [2.24, 2.45) is 0 Å². The Labute approximate surface area is 405 Å². The van der Waals surface area contributed by atoms with Crippen LogP contribution in [0.3, 0.4) is 0 Å². The minimum Gasteiger partial charge on any atom is -0.310 e. The summed E-state index contributed by atoms with van der Waals surface area (Å²) in [6.45, 7) is 4.80. The number of benzene rings is 11. The van der Waals surface area contributed by atoms with Crippen LogP contribution in [0, 0.1) is 0 Å². The van der Waals surface area contributed by atoms with Crippen LogP contribution in [0.4, 0.5) is 17.1 Å². The highest BCUT2D eigenvalue weighted by atomic mass is 15.1. The smallest absolute Gasteiger partial charge is 0.0714 e. The Balaban J connectivity index is 1.05. The van der Waals surface area contributed by atoms with Crippen LogP contribution < -0.4 is 4.90 Å². The number of anilines is 3. The lowest BCUT2D eigenvalue weighted by Crippen LogP contribution is -2.28. The number of fused-ring (bicyclic) bond motifs is 7. The summed E-state index contributed by atoms with van der Waals surface area (Å²) in [4.78, 5) is 2.53. The molecule has 1 nitrogen and oxygen atoms in total. The van der Waals surface area contributed by atoms with Gasteiger partial charge in [-0.3, -0.25) is 0 Å². The summed E-state index contributed by atoms with van der Waals surface area (Å²) in [6.07, 6.45) is 0. The van der Waals surface area contributed by atoms with E-state index in [2.05, 4.69) is 280 Å². The molecule has 0 N–H and O–H groups in total. The maximum Gasteiger partial charge on any atom is 0.0714 e. The summed E-state index contributed by atoms with van der Waals surface area (Å²) in [5.74, 6) is 0. The minimum absolute atomic E-state index is 0.244. The molecule has 0 spiro atoms. The molecular formula is C68H49N. The van der Waals surface area contributed by atoms with E-state index in [1.165, 1.54) is 99.8 Å². The molecule has 0 saturated heterocycles. The lowest BCUT2D eigenvalue weighted by molar-refractivity contribution is 0.662. The molecule has 0 heterocycles. The predicted octanol–water partition coefficient (Wildman–Crippen LogP) is 18.0. The molecule has 0 bridgehead atoms. The Morgan fingerprint density at radius 1 is 0.304 bits per heavy atom. The van der Waals surface area contributed by atoms with Crippen LogP contribution in [-0.4, -0.2) is 0 Å². The van der Waals surface area contributed by atoms with Gasteiger partial charge in [0.05, 0.1) is 11.1 Å². The van der Waals surface area contributed by atoms with Gasteiger partial charge in [-0.2, -0.15) is 0 Å². The van der Waals surface area contributed by atoms with Crippen molar-refractivity contribution >= 4 is 27.8 Å². The average molecular weight is 880 g/mol. The van der Waals surface area contributed by atoms with E-state index >= 15 is 0 Å². The molecule has 0 aromatic heterocycles. The number of hydrogen-bond donors (Lipinski definition) is 0. The van der Waals surface area contributed by atoms with Crippen LogP contribution in [0.5, 0.6) is 0 Å². The molecule has 11 aromatic rings. The van der Waals surface area contributed by atoms with E-state index < -0.39 is 5.41 Å². The number of rotatable bonds is 8.